The van der Waals surface area contributed by atoms with Crippen LogP contribution >= 0.6 is 0 Å². The Morgan fingerprint density at radius 3 is 2.63 bits per heavy atom. The van der Waals surface area contributed by atoms with Gasteiger partial charge in [0.15, 0.2) is 0 Å². The minimum atomic E-state index is 0.396. The molecule has 0 bridgehead atoms. The topological polar surface area (TPSA) is 54.2 Å². The quantitative estimate of drug-likeness (QED) is 0.758. The molecule has 1 heterocycles. The minimum absolute atomic E-state index is 0.396. The number of anilines is 2. The van der Waals surface area contributed by atoms with Gasteiger partial charge in [-0.15, -0.1) is 0 Å². The first-order valence-corrected chi connectivity index (χ1v) is 7.27. The monoisotopic (exact) mass is 264 g/mol. The van der Waals surface area contributed by atoms with Crippen LogP contribution in [0.1, 0.15) is 39.2 Å². The summed E-state index contributed by atoms with van der Waals surface area (Å²) < 4.78 is 0. The minimum Gasteiger partial charge on any atom is -0.396 e. The van der Waals surface area contributed by atoms with Gasteiger partial charge in [-0.3, -0.25) is 0 Å². The molecule has 0 saturated heterocycles. The van der Waals surface area contributed by atoms with Crippen molar-refractivity contribution in [2.75, 3.05) is 30.7 Å². The molecular weight excluding hydrogens is 236 g/mol. The van der Waals surface area contributed by atoms with E-state index in [2.05, 4.69) is 36.0 Å². The second kappa shape index (κ2) is 8.00. The molecule has 0 fully saturated rings. The number of rotatable bonds is 8. The van der Waals surface area contributed by atoms with E-state index in [1.165, 1.54) is 6.42 Å². The van der Waals surface area contributed by atoms with Gasteiger partial charge in [-0.05, 0) is 58.0 Å². The maximum absolute atomic E-state index is 5.96. The van der Waals surface area contributed by atoms with Gasteiger partial charge < -0.3 is 16.0 Å². The Hall–Kier alpha value is -1.29. The van der Waals surface area contributed by atoms with Crippen molar-refractivity contribution in [2.24, 2.45) is 0 Å². The normalized spacial score (nSPS) is 12.7. The van der Waals surface area contributed by atoms with Crippen molar-refractivity contribution in [1.82, 2.24) is 9.88 Å². The maximum Gasteiger partial charge on any atom is 0.149 e. The van der Waals surface area contributed by atoms with Gasteiger partial charge in [0.25, 0.3) is 0 Å². The zero-order chi connectivity index (χ0) is 14.3. The summed E-state index contributed by atoms with van der Waals surface area (Å²) in [7, 11) is 0. The molecule has 1 unspecified atom stereocenters. The standard InChI is InChI=1S/C15H28N4/c1-5-19(6-2)9-7-8-13(4)18-15-14(16)10-12(3)11-17-15/h10-11,13H,5-9,16H2,1-4H3,(H,17,18). The molecule has 0 aliphatic heterocycles. The smallest absolute Gasteiger partial charge is 0.149 e. The third-order valence-electron chi connectivity index (χ3n) is 3.44. The van der Waals surface area contributed by atoms with Gasteiger partial charge in [0, 0.05) is 12.2 Å². The van der Waals surface area contributed by atoms with Crippen LogP contribution in [-0.4, -0.2) is 35.6 Å². The molecule has 1 rings (SSSR count). The molecule has 3 N–H and O–H groups in total. The number of aryl methyl sites for hydroxylation is 1. The van der Waals surface area contributed by atoms with Crippen molar-refractivity contribution >= 4 is 11.5 Å². The predicted octanol–water partition coefficient (Wildman–Crippen LogP) is 2.89. The van der Waals surface area contributed by atoms with Crippen molar-refractivity contribution < 1.29 is 0 Å². The predicted molar refractivity (Wildman–Crippen MR) is 83.5 cm³/mol. The lowest BCUT2D eigenvalue weighted by Crippen LogP contribution is -2.26. The van der Waals surface area contributed by atoms with Gasteiger partial charge in [0.1, 0.15) is 5.82 Å². The Morgan fingerprint density at radius 1 is 1.37 bits per heavy atom. The van der Waals surface area contributed by atoms with Crippen LogP contribution in [0.5, 0.6) is 0 Å². The number of aromatic nitrogens is 1. The first-order chi connectivity index (χ1) is 9.06. The molecule has 0 amide bonds. The average molecular weight is 264 g/mol. The summed E-state index contributed by atoms with van der Waals surface area (Å²) in [6.07, 6.45) is 4.18. The molecule has 0 aliphatic rings. The Balaban J connectivity index is 2.36. The van der Waals surface area contributed by atoms with Crippen molar-refractivity contribution in [2.45, 2.75) is 46.6 Å². The summed E-state index contributed by atoms with van der Waals surface area (Å²) in [4.78, 5) is 6.80. The van der Waals surface area contributed by atoms with E-state index in [-0.39, 0.29) is 0 Å². The fraction of sp³-hybridized carbons (Fsp3) is 0.667. The summed E-state index contributed by atoms with van der Waals surface area (Å²) in [5.41, 5.74) is 7.78. The number of nitrogen functional groups attached to an aromatic ring is 1. The summed E-state index contributed by atoms with van der Waals surface area (Å²) in [6, 6.07) is 2.35. The summed E-state index contributed by atoms with van der Waals surface area (Å²) in [5, 5.41) is 3.39. The van der Waals surface area contributed by atoms with Crippen LogP contribution in [0.4, 0.5) is 11.5 Å². The number of nitrogens with two attached hydrogens (primary N) is 1. The van der Waals surface area contributed by atoms with Crippen LogP contribution in [0.2, 0.25) is 0 Å². The van der Waals surface area contributed by atoms with E-state index in [1.54, 1.807) is 0 Å². The van der Waals surface area contributed by atoms with Gasteiger partial charge >= 0.3 is 0 Å². The molecule has 4 nitrogen and oxygen atoms in total. The molecule has 1 aromatic heterocycles. The average Bonchev–Trinajstić information content (AvgIpc) is 2.38. The first-order valence-electron chi connectivity index (χ1n) is 7.27. The highest BCUT2D eigenvalue weighted by Crippen LogP contribution is 2.17. The van der Waals surface area contributed by atoms with E-state index in [0.29, 0.717) is 6.04 Å². The number of hydrogen-bond acceptors (Lipinski definition) is 4. The van der Waals surface area contributed by atoms with Crippen LogP contribution in [0.25, 0.3) is 0 Å². The third kappa shape index (κ3) is 5.47. The molecule has 1 atom stereocenters. The molecule has 4 heteroatoms. The molecular formula is C15H28N4. The molecule has 0 aliphatic carbocycles. The lowest BCUT2D eigenvalue weighted by Gasteiger charge is -2.20. The fourth-order valence-electron chi connectivity index (χ4n) is 2.18. The molecule has 1 aromatic rings. The van der Waals surface area contributed by atoms with E-state index in [4.69, 9.17) is 5.73 Å². The van der Waals surface area contributed by atoms with Crippen molar-refractivity contribution in [3.05, 3.63) is 17.8 Å². The molecule has 108 valence electrons. The fourth-order valence-corrected chi connectivity index (χ4v) is 2.18. The van der Waals surface area contributed by atoms with Gasteiger partial charge in [-0.2, -0.15) is 0 Å². The zero-order valence-corrected chi connectivity index (χ0v) is 12.7. The Kier molecular flexibility index (Phi) is 6.64. The van der Waals surface area contributed by atoms with E-state index >= 15 is 0 Å². The van der Waals surface area contributed by atoms with Crippen molar-refractivity contribution in [3.63, 3.8) is 0 Å². The lowest BCUT2D eigenvalue weighted by atomic mass is 10.1. The third-order valence-corrected chi connectivity index (χ3v) is 3.44. The van der Waals surface area contributed by atoms with Gasteiger partial charge in [0.05, 0.1) is 5.69 Å². The largest absolute Gasteiger partial charge is 0.396 e. The van der Waals surface area contributed by atoms with Crippen molar-refractivity contribution in [3.8, 4) is 0 Å². The van der Waals surface area contributed by atoms with Crippen LogP contribution in [0, 0.1) is 6.92 Å². The Labute approximate surface area is 117 Å². The van der Waals surface area contributed by atoms with Crippen LogP contribution in [-0.2, 0) is 0 Å². The first kappa shape index (κ1) is 15.8. The van der Waals surface area contributed by atoms with Crippen LogP contribution in [0.3, 0.4) is 0 Å². The van der Waals surface area contributed by atoms with Gasteiger partial charge in [-0.1, -0.05) is 13.8 Å². The lowest BCUT2D eigenvalue weighted by molar-refractivity contribution is 0.295. The Morgan fingerprint density at radius 2 is 2.05 bits per heavy atom. The number of hydrogen-bond donors (Lipinski definition) is 2. The van der Waals surface area contributed by atoms with Gasteiger partial charge in [-0.25, -0.2) is 4.98 Å². The number of pyridine rings is 1. The molecule has 0 radical (unpaired) electrons. The molecule has 0 saturated carbocycles. The van der Waals surface area contributed by atoms with E-state index < -0.39 is 0 Å². The van der Waals surface area contributed by atoms with Crippen molar-refractivity contribution in [1.29, 1.82) is 0 Å². The molecule has 0 aromatic carbocycles. The number of nitrogens with one attached hydrogen (secondary N) is 1. The maximum atomic E-state index is 5.96. The van der Waals surface area contributed by atoms with Gasteiger partial charge in [0.2, 0.25) is 0 Å². The van der Waals surface area contributed by atoms with Crippen LogP contribution in [0.15, 0.2) is 12.3 Å². The van der Waals surface area contributed by atoms with E-state index in [1.807, 2.05) is 19.2 Å². The SMILES string of the molecule is CCN(CC)CCCC(C)Nc1ncc(C)cc1N. The van der Waals surface area contributed by atoms with E-state index in [0.717, 1.165) is 43.1 Å². The van der Waals surface area contributed by atoms with E-state index in [9.17, 15) is 0 Å². The Bertz CT molecular complexity index is 374. The highest BCUT2D eigenvalue weighted by molar-refractivity contribution is 5.61. The van der Waals surface area contributed by atoms with Crippen LogP contribution < -0.4 is 11.1 Å². The zero-order valence-electron chi connectivity index (χ0n) is 12.7. The highest BCUT2D eigenvalue weighted by Gasteiger charge is 2.07. The molecule has 19 heavy (non-hydrogen) atoms. The molecule has 0 spiro atoms. The second-order valence-corrected chi connectivity index (χ2v) is 5.16. The number of nitrogens with zero attached hydrogens (tertiary/aromatic N) is 2. The summed E-state index contributed by atoms with van der Waals surface area (Å²) >= 11 is 0. The summed E-state index contributed by atoms with van der Waals surface area (Å²) in [6.45, 7) is 12.0. The second-order valence-electron chi connectivity index (χ2n) is 5.16. The summed E-state index contributed by atoms with van der Waals surface area (Å²) in [5.74, 6) is 0.806. The highest BCUT2D eigenvalue weighted by atomic mass is 15.1.